The van der Waals surface area contributed by atoms with Gasteiger partial charge in [-0.05, 0) is 43.0 Å². The molecule has 0 aliphatic heterocycles. The van der Waals surface area contributed by atoms with Gasteiger partial charge in [0.1, 0.15) is 5.82 Å². The van der Waals surface area contributed by atoms with E-state index in [1.165, 1.54) is 12.1 Å². The summed E-state index contributed by atoms with van der Waals surface area (Å²) in [5, 5.41) is 4.23. The van der Waals surface area contributed by atoms with E-state index in [4.69, 9.17) is 5.73 Å². The van der Waals surface area contributed by atoms with Crippen molar-refractivity contribution in [1.82, 2.24) is 9.78 Å². The summed E-state index contributed by atoms with van der Waals surface area (Å²) in [6.45, 7) is 0. The number of hydrogen-bond acceptors (Lipinski definition) is 2. The van der Waals surface area contributed by atoms with Gasteiger partial charge in [-0.2, -0.15) is 5.10 Å². The zero-order valence-corrected chi connectivity index (χ0v) is 9.44. The van der Waals surface area contributed by atoms with Crippen molar-refractivity contribution in [2.45, 2.75) is 24.8 Å². The van der Waals surface area contributed by atoms with Crippen molar-refractivity contribution >= 4 is 0 Å². The van der Waals surface area contributed by atoms with Crippen LogP contribution in [0, 0.1) is 5.82 Å². The highest BCUT2D eigenvalue weighted by molar-refractivity contribution is 5.32. The summed E-state index contributed by atoms with van der Waals surface area (Å²) < 4.78 is 14.8. The van der Waals surface area contributed by atoms with Gasteiger partial charge in [0, 0.05) is 11.7 Å². The Hall–Kier alpha value is -1.68. The van der Waals surface area contributed by atoms with Gasteiger partial charge >= 0.3 is 0 Å². The maximum atomic E-state index is 13.1. The lowest BCUT2D eigenvalue weighted by Crippen LogP contribution is -2.24. The molecule has 0 saturated heterocycles. The Labute approximate surface area is 99.1 Å². The molecule has 0 atom stereocenters. The number of halogens is 1. The molecule has 3 nitrogen and oxygen atoms in total. The molecule has 1 heterocycles. The summed E-state index contributed by atoms with van der Waals surface area (Å²) in [4.78, 5) is 0. The van der Waals surface area contributed by atoms with Crippen LogP contribution in [-0.4, -0.2) is 15.3 Å². The summed E-state index contributed by atoms with van der Waals surface area (Å²) in [5.74, 6) is -0.253. The smallest absolute Gasteiger partial charge is 0.125 e. The molecule has 0 unspecified atom stereocenters. The number of rotatable bonds is 3. The van der Waals surface area contributed by atoms with Crippen molar-refractivity contribution in [1.29, 1.82) is 0 Å². The molecular formula is C13H14FN3. The predicted octanol–water partition coefficient (Wildman–Crippen LogP) is 2.05. The Morgan fingerprint density at radius 3 is 2.94 bits per heavy atom. The third-order valence-corrected chi connectivity index (χ3v) is 3.16. The fraction of sp³-hybridized carbons (Fsp3) is 0.308. The minimum absolute atomic E-state index is 0.0181. The Kier molecular flexibility index (Phi) is 2.26. The molecule has 1 fully saturated rings. The minimum Gasteiger partial charge on any atom is -0.325 e. The van der Waals surface area contributed by atoms with E-state index >= 15 is 0 Å². The van der Waals surface area contributed by atoms with Gasteiger partial charge in [-0.1, -0.05) is 6.07 Å². The zero-order valence-electron chi connectivity index (χ0n) is 9.44. The van der Waals surface area contributed by atoms with Crippen molar-refractivity contribution in [2.24, 2.45) is 5.73 Å². The molecule has 2 N–H and O–H groups in total. The zero-order chi connectivity index (χ0) is 11.9. The highest BCUT2D eigenvalue weighted by Crippen LogP contribution is 2.35. The van der Waals surface area contributed by atoms with E-state index in [2.05, 4.69) is 5.10 Å². The highest BCUT2D eigenvalue weighted by Gasteiger charge is 2.38. The first-order chi connectivity index (χ1) is 8.15. The lowest BCUT2D eigenvalue weighted by Gasteiger charge is -2.04. The molecule has 1 saturated carbocycles. The van der Waals surface area contributed by atoms with Gasteiger partial charge in [0.25, 0.3) is 0 Å². The maximum Gasteiger partial charge on any atom is 0.125 e. The Morgan fingerprint density at radius 2 is 2.24 bits per heavy atom. The summed E-state index contributed by atoms with van der Waals surface area (Å²) >= 11 is 0. The van der Waals surface area contributed by atoms with Crippen molar-refractivity contribution in [3.63, 3.8) is 0 Å². The van der Waals surface area contributed by atoms with Crippen LogP contribution in [0.3, 0.4) is 0 Å². The molecule has 0 bridgehead atoms. The monoisotopic (exact) mass is 231 g/mol. The van der Waals surface area contributed by atoms with Gasteiger partial charge in [0.2, 0.25) is 0 Å². The molecule has 17 heavy (non-hydrogen) atoms. The van der Waals surface area contributed by atoms with Crippen LogP contribution in [-0.2, 0) is 6.42 Å². The Bertz CT molecular complexity index is 543. The average molecular weight is 231 g/mol. The van der Waals surface area contributed by atoms with E-state index in [1.807, 2.05) is 12.3 Å². The molecule has 1 aromatic heterocycles. The first-order valence-corrected chi connectivity index (χ1v) is 5.73. The van der Waals surface area contributed by atoms with Gasteiger partial charge < -0.3 is 5.73 Å². The molecule has 4 heteroatoms. The molecule has 1 aromatic carbocycles. The first kappa shape index (κ1) is 10.5. The molecule has 2 aromatic rings. The third-order valence-electron chi connectivity index (χ3n) is 3.16. The van der Waals surface area contributed by atoms with E-state index in [9.17, 15) is 4.39 Å². The van der Waals surface area contributed by atoms with Gasteiger partial charge in [0.05, 0.1) is 11.9 Å². The molecular weight excluding hydrogens is 217 g/mol. The topological polar surface area (TPSA) is 43.8 Å². The van der Waals surface area contributed by atoms with Crippen LogP contribution in [0.5, 0.6) is 0 Å². The summed E-state index contributed by atoms with van der Waals surface area (Å²) in [6, 6.07) is 6.39. The lowest BCUT2D eigenvalue weighted by molar-refractivity contribution is 0.625. The van der Waals surface area contributed by atoms with Crippen LogP contribution in [0.2, 0.25) is 0 Å². The molecule has 0 spiro atoms. The van der Waals surface area contributed by atoms with E-state index in [1.54, 1.807) is 16.9 Å². The van der Waals surface area contributed by atoms with Gasteiger partial charge in [-0.3, -0.25) is 0 Å². The minimum atomic E-state index is -0.253. The van der Waals surface area contributed by atoms with Crippen LogP contribution >= 0.6 is 0 Å². The fourth-order valence-electron chi connectivity index (χ4n) is 1.96. The van der Waals surface area contributed by atoms with Crippen LogP contribution < -0.4 is 5.73 Å². The van der Waals surface area contributed by atoms with Crippen LogP contribution in [0.25, 0.3) is 5.69 Å². The van der Waals surface area contributed by atoms with Crippen LogP contribution in [0.4, 0.5) is 4.39 Å². The van der Waals surface area contributed by atoms with Crippen LogP contribution in [0.15, 0.2) is 36.7 Å². The highest BCUT2D eigenvalue weighted by atomic mass is 19.1. The van der Waals surface area contributed by atoms with E-state index in [-0.39, 0.29) is 11.4 Å². The Morgan fingerprint density at radius 1 is 1.41 bits per heavy atom. The second-order valence-corrected chi connectivity index (χ2v) is 4.81. The molecule has 3 rings (SSSR count). The fourth-order valence-corrected chi connectivity index (χ4v) is 1.96. The first-order valence-electron chi connectivity index (χ1n) is 5.73. The second-order valence-electron chi connectivity index (χ2n) is 4.81. The quantitative estimate of drug-likeness (QED) is 0.878. The third kappa shape index (κ3) is 2.22. The number of benzene rings is 1. The van der Waals surface area contributed by atoms with Gasteiger partial charge in [0.15, 0.2) is 0 Å². The number of nitrogens with zero attached hydrogens (tertiary/aromatic N) is 2. The number of nitrogens with two attached hydrogens (primary N) is 1. The average Bonchev–Trinajstić information content (AvgIpc) is 2.85. The van der Waals surface area contributed by atoms with Gasteiger partial charge in [-0.15, -0.1) is 0 Å². The second kappa shape index (κ2) is 3.67. The molecule has 1 aliphatic carbocycles. The molecule has 88 valence electrons. The van der Waals surface area contributed by atoms with Crippen molar-refractivity contribution in [2.75, 3.05) is 0 Å². The lowest BCUT2D eigenvalue weighted by atomic mass is 10.1. The molecule has 1 aliphatic rings. The summed E-state index contributed by atoms with van der Waals surface area (Å²) in [6.07, 6.45) is 6.73. The number of aromatic nitrogens is 2. The van der Waals surface area contributed by atoms with Crippen LogP contribution in [0.1, 0.15) is 18.4 Å². The van der Waals surface area contributed by atoms with Gasteiger partial charge in [-0.25, -0.2) is 9.07 Å². The summed E-state index contributed by atoms with van der Waals surface area (Å²) in [7, 11) is 0. The van der Waals surface area contributed by atoms with E-state index in [0.717, 1.165) is 30.5 Å². The predicted molar refractivity (Wildman–Crippen MR) is 63.4 cm³/mol. The van der Waals surface area contributed by atoms with Crippen molar-refractivity contribution < 1.29 is 4.39 Å². The standard InChI is InChI=1S/C13H14FN3/c14-11-2-1-3-12(6-11)17-9-10(8-16-17)7-13(15)4-5-13/h1-3,6,8-9H,4-5,7,15H2. The van der Waals surface area contributed by atoms with E-state index < -0.39 is 0 Å². The normalized spacial score (nSPS) is 17.1. The van der Waals surface area contributed by atoms with E-state index in [0.29, 0.717) is 0 Å². The largest absolute Gasteiger partial charge is 0.325 e. The van der Waals surface area contributed by atoms with Crippen molar-refractivity contribution in [3.05, 3.63) is 48.0 Å². The molecule has 0 radical (unpaired) electrons. The van der Waals surface area contributed by atoms with Crippen molar-refractivity contribution in [3.8, 4) is 5.69 Å². The maximum absolute atomic E-state index is 13.1. The molecule has 0 amide bonds. The number of hydrogen-bond donors (Lipinski definition) is 1. The SMILES string of the molecule is NC1(Cc2cnn(-c3cccc(F)c3)c2)CC1. The summed E-state index contributed by atoms with van der Waals surface area (Å²) in [5.41, 5.74) is 7.88. The Balaban J connectivity index is 1.84.